The minimum absolute atomic E-state index is 0.0108. The monoisotopic (exact) mass is 786 g/mol. The lowest BCUT2D eigenvalue weighted by Gasteiger charge is -2.14. The van der Waals surface area contributed by atoms with Crippen molar-refractivity contribution in [2.24, 2.45) is 4.99 Å². The number of carbonyl (C=O) groups excluding carboxylic acids is 2. The van der Waals surface area contributed by atoms with Crippen molar-refractivity contribution in [3.63, 3.8) is 0 Å². The highest BCUT2D eigenvalue weighted by Crippen LogP contribution is 2.40. The summed E-state index contributed by atoms with van der Waals surface area (Å²) < 4.78 is 13.7. The Morgan fingerprint density at radius 2 is 1.79 bits per heavy atom. The first-order valence-corrected chi connectivity index (χ1v) is 19.5. The predicted octanol–water partition coefficient (Wildman–Crippen LogP) is 7.89. The summed E-state index contributed by atoms with van der Waals surface area (Å²) in [5.74, 6) is 2.59. The van der Waals surface area contributed by atoms with Crippen LogP contribution < -0.4 is 20.7 Å². The van der Waals surface area contributed by atoms with Crippen molar-refractivity contribution in [1.82, 2.24) is 19.7 Å². The van der Waals surface area contributed by atoms with Crippen molar-refractivity contribution in [3.05, 3.63) is 129 Å². The molecule has 2 aliphatic rings. The maximum absolute atomic E-state index is 13.5. The molecule has 0 aliphatic carbocycles. The molecule has 0 saturated heterocycles. The lowest BCUT2D eigenvalue weighted by molar-refractivity contribution is -0.117. The number of benzene rings is 3. The number of hydrogen-bond acceptors (Lipinski definition) is 10. The molecule has 2 aliphatic heterocycles. The van der Waals surface area contributed by atoms with Crippen LogP contribution in [0.3, 0.4) is 0 Å². The van der Waals surface area contributed by atoms with E-state index in [0.717, 1.165) is 61.4 Å². The molecular formula is C42H39ClN8O4S. The zero-order valence-corrected chi connectivity index (χ0v) is 32.6. The molecule has 3 aromatic heterocycles. The average Bonchev–Trinajstić information content (AvgIpc) is 3.83. The Morgan fingerprint density at radius 1 is 0.982 bits per heavy atom. The van der Waals surface area contributed by atoms with E-state index in [0.29, 0.717) is 55.1 Å². The zero-order valence-electron chi connectivity index (χ0n) is 31.1. The van der Waals surface area contributed by atoms with Crippen LogP contribution in [-0.2, 0) is 20.7 Å². The summed E-state index contributed by atoms with van der Waals surface area (Å²) in [7, 11) is 0. The number of amides is 2. The fraction of sp³-hybridized carbons (Fsp3) is 0.238. The highest BCUT2D eigenvalue weighted by Gasteiger charge is 2.32. The molecule has 14 heteroatoms. The molecule has 1 atom stereocenters. The molecule has 0 saturated carbocycles. The highest BCUT2D eigenvalue weighted by atomic mass is 35.5. The normalized spacial score (nSPS) is 14.2. The molecule has 2 amide bonds. The number of fused-ring (bicyclic) bond motifs is 4. The standard InChI is InChI=1S/C42H39ClN8O4S/c1-24-25(2)56-42-38(24)39(27-6-9-30(43)10-7-27)48-35(41-50-49-26(3)51(41)42)23-37(53)46-31-11-13-32(14-12-31)55-20-19-54-18-17-45-40-33(5-4-16-44-40)28-8-15-34-29(21-28)22-36(52)47-34/h4-16,21,35H,17-20,22-23H2,1-3H3,(H,44,45)(H,46,53)(H,47,52)/t35-/m0/s1. The minimum Gasteiger partial charge on any atom is -0.491 e. The van der Waals surface area contributed by atoms with Gasteiger partial charge in [-0.2, -0.15) is 0 Å². The van der Waals surface area contributed by atoms with Gasteiger partial charge in [-0.3, -0.25) is 19.1 Å². The van der Waals surface area contributed by atoms with Gasteiger partial charge in [-0.25, -0.2) is 4.98 Å². The number of aryl methyl sites for hydroxylation is 2. The smallest absolute Gasteiger partial charge is 0.228 e. The number of anilines is 3. The van der Waals surface area contributed by atoms with Crippen molar-refractivity contribution >= 4 is 57.7 Å². The maximum atomic E-state index is 13.5. The first kappa shape index (κ1) is 37.1. The first-order chi connectivity index (χ1) is 27.2. The van der Waals surface area contributed by atoms with Crippen molar-refractivity contribution in [3.8, 4) is 21.9 Å². The molecule has 6 aromatic rings. The van der Waals surface area contributed by atoms with Gasteiger partial charge in [0.25, 0.3) is 0 Å². The number of carbonyl (C=O) groups is 2. The topological polar surface area (TPSA) is 145 Å². The van der Waals surface area contributed by atoms with E-state index >= 15 is 0 Å². The van der Waals surface area contributed by atoms with E-state index in [-0.39, 0.29) is 18.2 Å². The third-order valence-corrected chi connectivity index (χ3v) is 11.2. The molecule has 0 fully saturated rings. The van der Waals surface area contributed by atoms with Crippen LogP contribution in [0.15, 0.2) is 90.1 Å². The van der Waals surface area contributed by atoms with Gasteiger partial charge in [0, 0.05) is 50.7 Å². The van der Waals surface area contributed by atoms with Gasteiger partial charge in [0.15, 0.2) is 5.82 Å². The maximum Gasteiger partial charge on any atom is 0.228 e. The fourth-order valence-electron chi connectivity index (χ4n) is 6.89. The van der Waals surface area contributed by atoms with E-state index in [2.05, 4.69) is 45.0 Å². The Balaban J connectivity index is 0.837. The number of halogens is 1. The van der Waals surface area contributed by atoms with Gasteiger partial charge >= 0.3 is 0 Å². The molecule has 0 bridgehead atoms. The number of thiophene rings is 1. The van der Waals surface area contributed by atoms with E-state index in [1.807, 2.05) is 90.4 Å². The summed E-state index contributed by atoms with van der Waals surface area (Å²) >= 11 is 7.91. The number of hydrogen-bond donors (Lipinski definition) is 3. The summed E-state index contributed by atoms with van der Waals surface area (Å²) in [6, 6.07) is 24.2. The van der Waals surface area contributed by atoms with Gasteiger partial charge in [-0.1, -0.05) is 29.8 Å². The second-order valence-corrected chi connectivity index (χ2v) is 15.2. The van der Waals surface area contributed by atoms with Crippen LogP contribution in [-0.4, -0.2) is 63.6 Å². The molecule has 3 N–H and O–H groups in total. The molecule has 56 heavy (non-hydrogen) atoms. The fourth-order valence-corrected chi connectivity index (χ4v) is 8.23. The van der Waals surface area contributed by atoms with Crippen LogP contribution in [0, 0.1) is 20.8 Å². The van der Waals surface area contributed by atoms with E-state index in [1.165, 1.54) is 4.88 Å². The van der Waals surface area contributed by atoms with Gasteiger partial charge < -0.3 is 25.4 Å². The van der Waals surface area contributed by atoms with Crippen LogP contribution >= 0.6 is 22.9 Å². The van der Waals surface area contributed by atoms with Crippen LogP contribution in [0.1, 0.15) is 51.2 Å². The second-order valence-electron chi connectivity index (χ2n) is 13.6. The van der Waals surface area contributed by atoms with Gasteiger partial charge in [0.05, 0.1) is 31.8 Å². The molecule has 12 nitrogen and oxygen atoms in total. The number of aliphatic imine (C=N–C) groups is 1. The third kappa shape index (κ3) is 7.79. The molecule has 0 radical (unpaired) electrons. The average molecular weight is 787 g/mol. The number of aromatic nitrogens is 4. The van der Waals surface area contributed by atoms with E-state index in [9.17, 15) is 9.59 Å². The number of pyridine rings is 1. The largest absolute Gasteiger partial charge is 0.491 e. The molecular weight excluding hydrogens is 748 g/mol. The SMILES string of the molecule is Cc1sc2c(c1C)C(c1ccc(Cl)cc1)=N[C@@H](CC(=O)Nc1ccc(OCCOCCNc3ncccc3-c3ccc4c(c3)CC(=O)N4)cc1)c1nnc(C)n1-2. The Morgan fingerprint density at radius 3 is 2.61 bits per heavy atom. The lowest BCUT2D eigenvalue weighted by atomic mass is 9.99. The summed E-state index contributed by atoms with van der Waals surface area (Å²) in [6.07, 6.45) is 2.20. The molecule has 284 valence electrons. The Hall–Kier alpha value is -5.89. The predicted molar refractivity (Wildman–Crippen MR) is 220 cm³/mol. The van der Waals surface area contributed by atoms with E-state index in [1.54, 1.807) is 17.5 Å². The van der Waals surface area contributed by atoms with Crippen molar-refractivity contribution in [2.75, 3.05) is 42.3 Å². The van der Waals surface area contributed by atoms with Crippen LogP contribution in [0.2, 0.25) is 5.02 Å². The molecule has 0 spiro atoms. The van der Waals surface area contributed by atoms with Gasteiger partial charge in [0.1, 0.15) is 35.0 Å². The number of rotatable bonds is 13. The second kappa shape index (κ2) is 16.1. The Kier molecular flexibility index (Phi) is 10.6. The summed E-state index contributed by atoms with van der Waals surface area (Å²) in [6.45, 7) is 7.90. The van der Waals surface area contributed by atoms with Gasteiger partial charge in [-0.15, -0.1) is 21.5 Å². The number of nitrogens with one attached hydrogen (secondary N) is 3. The highest BCUT2D eigenvalue weighted by molar-refractivity contribution is 7.15. The quantitative estimate of drug-likeness (QED) is 0.100. The Bertz CT molecular complexity index is 2460. The van der Waals surface area contributed by atoms with E-state index < -0.39 is 6.04 Å². The van der Waals surface area contributed by atoms with Crippen molar-refractivity contribution in [2.45, 2.75) is 39.7 Å². The minimum atomic E-state index is -0.569. The first-order valence-electron chi connectivity index (χ1n) is 18.3. The summed E-state index contributed by atoms with van der Waals surface area (Å²) in [4.78, 5) is 36.2. The zero-order chi connectivity index (χ0) is 38.8. The molecule has 5 heterocycles. The van der Waals surface area contributed by atoms with E-state index in [4.69, 9.17) is 26.1 Å². The van der Waals surface area contributed by atoms with Gasteiger partial charge in [0.2, 0.25) is 11.8 Å². The Labute approximate surface area is 333 Å². The van der Waals surface area contributed by atoms with Crippen LogP contribution in [0.4, 0.5) is 17.2 Å². The van der Waals surface area contributed by atoms with Crippen LogP contribution in [0.25, 0.3) is 16.1 Å². The molecule has 8 rings (SSSR count). The van der Waals surface area contributed by atoms with Gasteiger partial charge in [-0.05, 0) is 98.1 Å². The lowest BCUT2D eigenvalue weighted by Crippen LogP contribution is -2.17. The molecule has 3 aromatic carbocycles. The number of ether oxygens (including phenoxy) is 2. The third-order valence-electron chi connectivity index (χ3n) is 9.76. The van der Waals surface area contributed by atoms with Crippen molar-refractivity contribution < 1.29 is 19.1 Å². The van der Waals surface area contributed by atoms with Crippen LogP contribution in [0.5, 0.6) is 5.75 Å². The summed E-state index contributed by atoms with van der Waals surface area (Å²) in [5, 5.41) is 19.8. The van der Waals surface area contributed by atoms with Crippen molar-refractivity contribution in [1.29, 1.82) is 0 Å². The summed E-state index contributed by atoms with van der Waals surface area (Å²) in [5.41, 5.74) is 8.31. The number of nitrogens with zero attached hydrogens (tertiary/aromatic N) is 5. The molecule has 0 unspecified atom stereocenters.